The number of likely N-dealkylation sites (tertiary alicyclic amines) is 1. The van der Waals surface area contributed by atoms with Gasteiger partial charge in [-0.1, -0.05) is 0 Å². The van der Waals surface area contributed by atoms with Crippen LogP contribution in [0.3, 0.4) is 0 Å². The molecular formula is C15H16N2O5S. The zero-order valence-electron chi connectivity index (χ0n) is 12.3. The summed E-state index contributed by atoms with van der Waals surface area (Å²) in [6.07, 6.45) is 1.91. The SMILES string of the molecule is O=C(CNS(=O)(=O)c1ccc2oc(=O)ccc2c1)N1CCCC1. The van der Waals surface area contributed by atoms with Crippen molar-refractivity contribution in [1.29, 1.82) is 0 Å². The van der Waals surface area contributed by atoms with Gasteiger partial charge in [0.25, 0.3) is 0 Å². The molecule has 3 rings (SSSR count). The van der Waals surface area contributed by atoms with Crippen molar-refractivity contribution in [3.8, 4) is 0 Å². The number of amides is 1. The van der Waals surface area contributed by atoms with Gasteiger partial charge < -0.3 is 9.32 Å². The highest BCUT2D eigenvalue weighted by Gasteiger charge is 2.21. The van der Waals surface area contributed by atoms with Gasteiger partial charge in [-0.25, -0.2) is 17.9 Å². The van der Waals surface area contributed by atoms with Crippen LogP contribution in [0.2, 0.25) is 0 Å². The largest absolute Gasteiger partial charge is 0.423 e. The van der Waals surface area contributed by atoms with Gasteiger partial charge in [-0.05, 0) is 37.1 Å². The van der Waals surface area contributed by atoms with E-state index in [-0.39, 0.29) is 17.3 Å². The zero-order chi connectivity index (χ0) is 16.4. The molecule has 1 aromatic carbocycles. The summed E-state index contributed by atoms with van der Waals surface area (Å²) in [6, 6.07) is 6.89. The molecule has 1 N–H and O–H groups in total. The van der Waals surface area contributed by atoms with Crippen LogP contribution >= 0.6 is 0 Å². The maximum absolute atomic E-state index is 12.3. The maximum atomic E-state index is 12.3. The molecule has 122 valence electrons. The van der Waals surface area contributed by atoms with E-state index in [2.05, 4.69) is 4.72 Å². The fourth-order valence-corrected chi connectivity index (χ4v) is 3.54. The molecule has 0 unspecified atom stereocenters. The molecule has 1 amide bonds. The molecule has 2 aromatic rings. The number of carbonyl (C=O) groups is 1. The Bertz CT molecular complexity index is 897. The maximum Gasteiger partial charge on any atom is 0.336 e. The number of benzene rings is 1. The van der Waals surface area contributed by atoms with Crippen molar-refractivity contribution in [2.24, 2.45) is 0 Å². The normalized spacial score (nSPS) is 15.2. The molecule has 1 aliphatic heterocycles. The summed E-state index contributed by atoms with van der Waals surface area (Å²) < 4.78 is 31.9. The molecule has 1 fully saturated rings. The molecular weight excluding hydrogens is 320 g/mol. The average molecular weight is 336 g/mol. The Morgan fingerprint density at radius 1 is 1.17 bits per heavy atom. The van der Waals surface area contributed by atoms with Gasteiger partial charge in [-0.3, -0.25) is 4.79 Å². The zero-order valence-corrected chi connectivity index (χ0v) is 13.1. The van der Waals surface area contributed by atoms with Crippen molar-refractivity contribution >= 4 is 26.9 Å². The van der Waals surface area contributed by atoms with Crippen molar-refractivity contribution in [3.63, 3.8) is 0 Å². The Balaban J connectivity index is 1.77. The minimum absolute atomic E-state index is 0.0214. The van der Waals surface area contributed by atoms with Crippen molar-refractivity contribution in [2.45, 2.75) is 17.7 Å². The summed E-state index contributed by atoms with van der Waals surface area (Å²) in [7, 11) is -3.80. The van der Waals surface area contributed by atoms with E-state index in [1.165, 1.54) is 30.3 Å². The minimum atomic E-state index is -3.80. The van der Waals surface area contributed by atoms with Crippen molar-refractivity contribution < 1.29 is 17.6 Å². The van der Waals surface area contributed by atoms with E-state index in [4.69, 9.17) is 4.42 Å². The fraction of sp³-hybridized carbons (Fsp3) is 0.333. The lowest BCUT2D eigenvalue weighted by Crippen LogP contribution is -2.38. The Morgan fingerprint density at radius 3 is 2.65 bits per heavy atom. The standard InChI is InChI=1S/C15H16N2O5S/c18-14(17-7-1-2-8-17)10-16-23(20,21)12-4-5-13-11(9-12)3-6-15(19)22-13/h3-6,9,16H,1-2,7-8,10H2. The number of hydrogen-bond donors (Lipinski definition) is 1. The number of fused-ring (bicyclic) bond motifs is 1. The van der Waals surface area contributed by atoms with Crippen LogP contribution in [0.15, 0.2) is 44.4 Å². The lowest BCUT2D eigenvalue weighted by Gasteiger charge is -2.15. The van der Waals surface area contributed by atoms with E-state index in [1.54, 1.807) is 4.90 Å². The van der Waals surface area contributed by atoms with Gasteiger partial charge in [0.1, 0.15) is 5.58 Å². The number of sulfonamides is 1. The van der Waals surface area contributed by atoms with Crippen LogP contribution < -0.4 is 10.3 Å². The van der Waals surface area contributed by atoms with Crippen LogP contribution in [0.25, 0.3) is 11.0 Å². The van der Waals surface area contributed by atoms with E-state index in [9.17, 15) is 18.0 Å². The summed E-state index contributed by atoms with van der Waals surface area (Å²) in [4.78, 5) is 24.7. The van der Waals surface area contributed by atoms with Crippen LogP contribution in [-0.4, -0.2) is 38.9 Å². The van der Waals surface area contributed by atoms with Crippen molar-refractivity contribution in [2.75, 3.05) is 19.6 Å². The van der Waals surface area contributed by atoms with Crippen LogP contribution in [0.4, 0.5) is 0 Å². The van der Waals surface area contributed by atoms with Gasteiger partial charge in [-0.15, -0.1) is 0 Å². The van der Waals surface area contributed by atoms with Gasteiger partial charge in [0.15, 0.2) is 0 Å². The first-order valence-electron chi connectivity index (χ1n) is 7.27. The third-order valence-electron chi connectivity index (χ3n) is 3.77. The van der Waals surface area contributed by atoms with E-state index in [0.717, 1.165) is 12.8 Å². The summed E-state index contributed by atoms with van der Waals surface area (Å²) >= 11 is 0. The smallest absolute Gasteiger partial charge is 0.336 e. The van der Waals surface area contributed by atoms with Gasteiger partial charge in [0, 0.05) is 24.5 Å². The fourth-order valence-electron chi connectivity index (χ4n) is 2.54. The summed E-state index contributed by atoms with van der Waals surface area (Å²) in [5.74, 6) is -0.224. The van der Waals surface area contributed by atoms with Crippen LogP contribution in [-0.2, 0) is 14.8 Å². The number of rotatable bonds is 4. The highest BCUT2D eigenvalue weighted by Crippen LogP contribution is 2.17. The first-order chi connectivity index (χ1) is 11.0. The molecule has 0 bridgehead atoms. The molecule has 1 saturated heterocycles. The monoisotopic (exact) mass is 336 g/mol. The topological polar surface area (TPSA) is 96.7 Å². The summed E-state index contributed by atoms with van der Waals surface area (Å²) in [5.41, 5.74) is -0.188. The molecule has 23 heavy (non-hydrogen) atoms. The number of hydrogen-bond acceptors (Lipinski definition) is 5. The Morgan fingerprint density at radius 2 is 1.91 bits per heavy atom. The first kappa shape index (κ1) is 15.7. The van der Waals surface area contributed by atoms with E-state index in [0.29, 0.717) is 24.1 Å². The predicted octanol–water partition coefficient (Wildman–Crippen LogP) is 0.694. The molecule has 0 saturated carbocycles. The molecule has 1 aromatic heterocycles. The summed E-state index contributed by atoms with van der Waals surface area (Å²) in [5, 5.41) is 0.498. The third-order valence-corrected chi connectivity index (χ3v) is 5.17. The Labute approximate surface area is 132 Å². The highest BCUT2D eigenvalue weighted by molar-refractivity contribution is 7.89. The van der Waals surface area contributed by atoms with Crippen LogP contribution in [0, 0.1) is 0 Å². The Kier molecular flexibility index (Phi) is 4.18. The highest BCUT2D eigenvalue weighted by atomic mass is 32.2. The predicted molar refractivity (Wildman–Crippen MR) is 83.5 cm³/mol. The molecule has 8 heteroatoms. The lowest BCUT2D eigenvalue weighted by atomic mass is 10.2. The molecule has 2 heterocycles. The molecule has 0 radical (unpaired) electrons. The average Bonchev–Trinajstić information content (AvgIpc) is 3.06. The lowest BCUT2D eigenvalue weighted by molar-refractivity contribution is -0.128. The van der Waals surface area contributed by atoms with Crippen molar-refractivity contribution in [1.82, 2.24) is 9.62 Å². The molecule has 0 spiro atoms. The molecule has 0 aliphatic carbocycles. The van der Waals surface area contributed by atoms with Crippen LogP contribution in [0.1, 0.15) is 12.8 Å². The number of nitrogens with one attached hydrogen (secondary N) is 1. The molecule has 0 atom stereocenters. The minimum Gasteiger partial charge on any atom is -0.423 e. The summed E-state index contributed by atoms with van der Waals surface area (Å²) in [6.45, 7) is 1.09. The van der Waals surface area contributed by atoms with Crippen molar-refractivity contribution in [3.05, 3.63) is 40.8 Å². The third kappa shape index (κ3) is 3.43. The van der Waals surface area contributed by atoms with Gasteiger partial charge >= 0.3 is 5.63 Å². The van der Waals surface area contributed by atoms with Gasteiger partial charge in [0.05, 0.1) is 11.4 Å². The second kappa shape index (κ2) is 6.13. The first-order valence-corrected chi connectivity index (χ1v) is 8.75. The number of nitrogens with zero attached hydrogens (tertiary/aromatic N) is 1. The van der Waals surface area contributed by atoms with Gasteiger partial charge in [-0.2, -0.15) is 0 Å². The number of carbonyl (C=O) groups excluding carboxylic acids is 1. The van der Waals surface area contributed by atoms with E-state index < -0.39 is 15.6 Å². The van der Waals surface area contributed by atoms with E-state index in [1.807, 2.05) is 0 Å². The second-order valence-corrected chi connectivity index (χ2v) is 7.13. The quantitative estimate of drug-likeness (QED) is 0.829. The van der Waals surface area contributed by atoms with Gasteiger partial charge in [0.2, 0.25) is 15.9 Å². The molecule has 7 nitrogen and oxygen atoms in total. The molecule has 1 aliphatic rings. The van der Waals surface area contributed by atoms with E-state index >= 15 is 0 Å². The van der Waals surface area contributed by atoms with Crippen LogP contribution in [0.5, 0.6) is 0 Å². The second-order valence-electron chi connectivity index (χ2n) is 5.37. The Hall–Kier alpha value is -2.19.